The zero-order valence-electron chi connectivity index (χ0n) is 16.5. The van der Waals surface area contributed by atoms with E-state index < -0.39 is 24.2 Å². The lowest BCUT2D eigenvalue weighted by molar-refractivity contribution is -0.173. The fourth-order valence-electron chi connectivity index (χ4n) is 3.62. The van der Waals surface area contributed by atoms with Gasteiger partial charge in [0.15, 0.2) is 11.7 Å². The van der Waals surface area contributed by atoms with Gasteiger partial charge >= 0.3 is 6.18 Å². The van der Waals surface area contributed by atoms with E-state index >= 15 is 0 Å². The molecule has 8 heteroatoms. The number of nitrogens with one attached hydrogen (secondary N) is 2. The van der Waals surface area contributed by atoms with Crippen molar-refractivity contribution in [2.45, 2.75) is 38.5 Å². The Morgan fingerprint density at radius 3 is 2.50 bits per heavy atom. The van der Waals surface area contributed by atoms with Gasteiger partial charge in [-0.05, 0) is 37.1 Å². The molecule has 2 heterocycles. The number of halogens is 3. The third-order valence-electron chi connectivity index (χ3n) is 5.18. The zero-order chi connectivity index (χ0) is 21.5. The Labute approximate surface area is 171 Å². The van der Waals surface area contributed by atoms with Gasteiger partial charge in [-0.25, -0.2) is 4.68 Å². The van der Waals surface area contributed by atoms with E-state index in [0.717, 1.165) is 21.4 Å². The maximum atomic E-state index is 13.8. The molecule has 2 aromatic carbocycles. The maximum Gasteiger partial charge on any atom is 0.410 e. The predicted molar refractivity (Wildman–Crippen MR) is 109 cm³/mol. The van der Waals surface area contributed by atoms with Gasteiger partial charge in [0.25, 0.3) is 5.91 Å². The van der Waals surface area contributed by atoms with Crippen molar-refractivity contribution in [3.05, 3.63) is 77.0 Å². The number of benzene rings is 2. The third-order valence-corrected chi connectivity index (χ3v) is 5.18. The summed E-state index contributed by atoms with van der Waals surface area (Å²) in [5, 5.41) is 9.77. The lowest BCUT2D eigenvalue weighted by Crippen LogP contribution is -2.35. The second kappa shape index (κ2) is 7.51. The van der Waals surface area contributed by atoms with Crippen LogP contribution in [0.5, 0.6) is 0 Å². The number of alkyl halides is 3. The van der Waals surface area contributed by atoms with Gasteiger partial charge in [-0.3, -0.25) is 4.79 Å². The second-order valence-corrected chi connectivity index (χ2v) is 7.58. The summed E-state index contributed by atoms with van der Waals surface area (Å²) in [5.41, 5.74) is 3.23. The Kier molecular flexibility index (Phi) is 5.01. The van der Waals surface area contributed by atoms with Crippen molar-refractivity contribution in [3.8, 4) is 0 Å². The summed E-state index contributed by atoms with van der Waals surface area (Å²) in [7, 11) is 0. The molecule has 0 saturated heterocycles. The standard InChI is InChI=1S/C22H21F3N4O/c1-13-6-8-15(9-7-13)17-11-19(22(23,24)25)29-20(27-17)12-18(28-29)21(30)26-16-5-3-4-14(2)10-16/h3-10,12,17,19,27H,11H2,1-2H3,(H,26,30). The van der Waals surface area contributed by atoms with E-state index in [1.54, 1.807) is 18.2 Å². The molecule has 2 atom stereocenters. The molecule has 3 aromatic rings. The Bertz CT molecular complexity index is 1070. The van der Waals surface area contributed by atoms with Crippen LogP contribution < -0.4 is 10.6 Å². The molecule has 1 aliphatic rings. The molecular formula is C22H21F3N4O. The second-order valence-electron chi connectivity index (χ2n) is 7.58. The fraction of sp³-hybridized carbons (Fsp3) is 0.273. The molecule has 0 saturated carbocycles. The molecule has 2 N–H and O–H groups in total. The van der Waals surface area contributed by atoms with Gasteiger partial charge in [0.05, 0.1) is 6.04 Å². The normalized spacial score (nSPS) is 18.4. The number of carbonyl (C=O) groups is 1. The smallest absolute Gasteiger partial charge is 0.363 e. The molecule has 1 aromatic heterocycles. The number of nitrogens with zero attached hydrogens (tertiary/aromatic N) is 2. The van der Waals surface area contributed by atoms with Crippen LogP contribution in [0.15, 0.2) is 54.6 Å². The number of aryl methyl sites for hydroxylation is 2. The molecule has 5 nitrogen and oxygen atoms in total. The summed E-state index contributed by atoms with van der Waals surface area (Å²) in [6, 6.07) is 13.5. The summed E-state index contributed by atoms with van der Waals surface area (Å²) in [5.74, 6) is -0.388. The van der Waals surface area contributed by atoms with E-state index in [-0.39, 0.29) is 17.9 Å². The van der Waals surface area contributed by atoms with E-state index in [4.69, 9.17) is 0 Å². The van der Waals surface area contributed by atoms with Crippen LogP contribution in [0.3, 0.4) is 0 Å². The van der Waals surface area contributed by atoms with Gasteiger partial charge in [0, 0.05) is 18.2 Å². The summed E-state index contributed by atoms with van der Waals surface area (Å²) in [6.45, 7) is 3.80. The van der Waals surface area contributed by atoms with Crippen LogP contribution in [0.25, 0.3) is 0 Å². The lowest BCUT2D eigenvalue weighted by Gasteiger charge is -2.33. The van der Waals surface area contributed by atoms with E-state index in [1.807, 2.05) is 44.2 Å². The molecule has 0 fully saturated rings. The first-order valence-electron chi connectivity index (χ1n) is 9.58. The van der Waals surface area contributed by atoms with E-state index in [9.17, 15) is 18.0 Å². The Hall–Kier alpha value is -3.29. The van der Waals surface area contributed by atoms with E-state index in [2.05, 4.69) is 15.7 Å². The van der Waals surface area contributed by atoms with Gasteiger partial charge in [0.1, 0.15) is 5.82 Å². The molecule has 2 unspecified atom stereocenters. The summed E-state index contributed by atoms with van der Waals surface area (Å²) in [6.07, 6.45) is -4.70. The first-order valence-corrected chi connectivity index (χ1v) is 9.58. The fourth-order valence-corrected chi connectivity index (χ4v) is 3.62. The van der Waals surface area contributed by atoms with Crippen LogP contribution in [-0.4, -0.2) is 21.9 Å². The maximum absolute atomic E-state index is 13.8. The molecular weight excluding hydrogens is 393 g/mol. The average molecular weight is 414 g/mol. The molecule has 4 rings (SSSR count). The molecule has 1 amide bonds. The number of anilines is 2. The molecule has 0 spiro atoms. The van der Waals surface area contributed by atoms with Crippen LogP contribution in [0.2, 0.25) is 0 Å². The summed E-state index contributed by atoms with van der Waals surface area (Å²) < 4.78 is 42.2. The van der Waals surface area contributed by atoms with Gasteiger partial charge in [-0.15, -0.1) is 0 Å². The van der Waals surface area contributed by atoms with Crippen molar-refractivity contribution in [1.29, 1.82) is 0 Å². The minimum absolute atomic E-state index is 0.0715. The highest BCUT2D eigenvalue weighted by Crippen LogP contribution is 2.43. The molecule has 30 heavy (non-hydrogen) atoms. The molecule has 0 radical (unpaired) electrons. The monoisotopic (exact) mass is 414 g/mol. The van der Waals surface area contributed by atoms with Crippen LogP contribution in [0, 0.1) is 13.8 Å². The van der Waals surface area contributed by atoms with E-state index in [1.165, 1.54) is 6.07 Å². The molecule has 1 aliphatic heterocycles. The molecule has 0 aliphatic carbocycles. The first-order chi connectivity index (χ1) is 14.2. The third kappa shape index (κ3) is 4.03. The van der Waals surface area contributed by atoms with Crippen molar-refractivity contribution >= 4 is 17.4 Å². The first kappa shape index (κ1) is 20.0. The van der Waals surface area contributed by atoms with Crippen molar-refractivity contribution in [1.82, 2.24) is 9.78 Å². The van der Waals surface area contributed by atoms with Gasteiger partial charge in [0.2, 0.25) is 0 Å². The van der Waals surface area contributed by atoms with Crippen molar-refractivity contribution in [3.63, 3.8) is 0 Å². The largest absolute Gasteiger partial charge is 0.410 e. The number of aromatic nitrogens is 2. The Balaban J connectivity index is 1.64. The Morgan fingerprint density at radius 1 is 1.10 bits per heavy atom. The van der Waals surface area contributed by atoms with Gasteiger partial charge in [-0.2, -0.15) is 18.3 Å². The minimum Gasteiger partial charge on any atom is -0.363 e. The molecule has 156 valence electrons. The summed E-state index contributed by atoms with van der Waals surface area (Å²) >= 11 is 0. The predicted octanol–water partition coefficient (Wildman–Crippen LogP) is 5.41. The number of hydrogen-bond acceptors (Lipinski definition) is 3. The average Bonchev–Trinajstić information content (AvgIpc) is 3.11. The Morgan fingerprint density at radius 2 is 1.83 bits per heavy atom. The number of amides is 1. The topological polar surface area (TPSA) is 59.0 Å². The van der Waals surface area contributed by atoms with Gasteiger partial charge < -0.3 is 10.6 Å². The quantitative estimate of drug-likeness (QED) is 0.602. The number of carbonyl (C=O) groups excluding carboxylic acids is 1. The van der Waals surface area contributed by atoms with Crippen LogP contribution in [0.1, 0.15) is 45.7 Å². The molecule has 0 bridgehead atoms. The van der Waals surface area contributed by atoms with Crippen molar-refractivity contribution in [2.75, 3.05) is 10.6 Å². The van der Waals surface area contributed by atoms with Crippen molar-refractivity contribution < 1.29 is 18.0 Å². The summed E-state index contributed by atoms with van der Waals surface area (Å²) in [4.78, 5) is 12.6. The lowest BCUT2D eigenvalue weighted by atomic mass is 9.96. The van der Waals surface area contributed by atoms with Crippen molar-refractivity contribution in [2.24, 2.45) is 0 Å². The SMILES string of the molecule is Cc1ccc(C2CC(C(F)(F)F)n3nc(C(=O)Nc4cccc(C)c4)cc3N2)cc1. The highest BCUT2D eigenvalue weighted by Gasteiger charge is 2.46. The van der Waals surface area contributed by atoms with Crippen LogP contribution in [0.4, 0.5) is 24.7 Å². The highest BCUT2D eigenvalue weighted by molar-refractivity contribution is 6.03. The number of fused-ring (bicyclic) bond motifs is 1. The zero-order valence-corrected chi connectivity index (χ0v) is 16.5. The highest BCUT2D eigenvalue weighted by atomic mass is 19.4. The minimum atomic E-state index is -4.49. The van der Waals surface area contributed by atoms with Gasteiger partial charge in [-0.1, -0.05) is 42.0 Å². The van der Waals surface area contributed by atoms with Crippen LogP contribution in [-0.2, 0) is 0 Å². The van der Waals surface area contributed by atoms with Crippen LogP contribution >= 0.6 is 0 Å². The number of hydrogen-bond donors (Lipinski definition) is 2. The van der Waals surface area contributed by atoms with E-state index in [0.29, 0.717) is 5.69 Å². The number of rotatable bonds is 3.